The van der Waals surface area contributed by atoms with Crippen molar-refractivity contribution >= 4 is 29.1 Å². The van der Waals surface area contributed by atoms with Crippen LogP contribution in [0, 0.1) is 5.82 Å². The van der Waals surface area contributed by atoms with Crippen LogP contribution in [0.3, 0.4) is 0 Å². The Hall–Kier alpha value is -2.08. The highest BCUT2D eigenvalue weighted by atomic mass is 35.5. The average molecular weight is 298 g/mol. The summed E-state index contributed by atoms with van der Waals surface area (Å²) in [4.78, 5) is 11.7. The van der Waals surface area contributed by atoms with Crippen LogP contribution < -0.4 is 10.6 Å². The van der Waals surface area contributed by atoms with Crippen LogP contribution in [0.5, 0.6) is 0 Å². The minimum Gasteiger partial charge on any atom is -0.359 e. The number of carbonyl (C=O) groups is 1. The largest absolute Gasteiger partial charge is 0.359 e. The minimum absolute atomic E-state index is 0.0636. The first kappa shape index (κ1) is 14.3. The average Bonchev–Trinajstić information content (AvgIpc) is 2.82. The van der Waals surface area contributed by atoms with Crippen LogP contribution in [0.4, 0.5) is 20.7 Å². The van der Waals surface area contributed by atoms with Crippen molar-refractivity contribution in [2.75, 3.05) is 10.6 Å². The summed E-state index contributed by atoms with van der Waals surface area (Å²) >= 11 is 5.62. The number of hydrogen-bond acceptors (Lipinski definition) is 3. The third-order valence-corrected chi connectivity index (χ3v) is 2.81. The van der Waals surface area contributed by atoms with Crippen LogP contribution in [0.25, 0.3) is 0 Å². The predicted molar refractivity (Wildman–Crippen MR) is 74.6 cm³/mol. The molecule has 0 aliphatic heterocycles. The Morgan fingerprint density at radius 3 is 2.70 bits per heavy atom. The zero-order valence-corrected chi connectivity index (χ0v) is 11.7. The van der Waals surface area contributed by atoms with E-state index in [0.717, 1.165) is 0 Å². The second-order valence-corrected chi connectivity index (χ2v) is 4.88. The summed E-state index contributed by atoms with van der Waals surface area (Å²) in [5.74, 6) is 0.609. The number of halogens is 2. The molecule has 0 saturated carbocycles. The molecular weight excluding hydrogens is 285 g/mol. The highest BCUT2D eigenvalue weighted by molar-refractivity contribution is 6.31. The Balaban J connectivity index is 1.99. The second-order valence-electron chi connectivity index (χ2n) is 4.48. The van der Waals surface area contributed by atoms with Crippen molar-refractivity contribution in [2.45, 2.75) is 19.8 Å². The van der Waals surface area contributed by atoms with Crippen molar-refractivity contribution < 1.29 is 13.7 Å². The van der Waals surface area contributed by atoms with Gasteiger partial charge in [0.05, 0.1) is 5.02 Å². The van der Waals surface area contributed by atoms with Crippen LogP contribution in [0.15, 0.2) is 28.8 Å². The van der Waals surface area contributed by atoms with Gasteiger partial charge in [0, 0.05) is 17.7 Å². The van der Waals surface area contributed by atoms with Crippen molar-refractivity contribution in [3.63, 3.8) is 0 Å². The van der Waals surface area contributed by atoms with Crippen molar-refractivity contribution in [1.82, 2.24) is 5.16 Å². The number of amides is 2. The Morgan fingerprint density at radius 2 is 2.10 bits per heavy atom. The Kier molecular flexibility index (Phi) is 4.24. The first-order chi connectivity index (χ1) is 9.45. The molecule has 0 fully saturated rings. The number of nitrogens with one attached hydrogen (secondary N) is 2. The molecule has 0 aliphatic rings. The summed E-state index contributed by atoms with van der Waals surface area (Å²) in [6.07, 6.45) is 0. The summed E-state index contributed by atoms with van der Waals surface area (Å²) < 4.78 is 18.0. The molecule has 5 nitrogen and oxygen atoms in total. The molecule has 2 aromatic rings. The smallest absolute Gasteiger partial charge is 0.324 e. The fourth-order valence-electron chi connectivity index (χ4n) is 1.47. The number of urea groups is 1. The van der Waals surface area contributed by atoms with Gasteiger partial charge in [-0.15, -0.1) is 0 Å². The van der Waals surface area contributed by atoms with E-state index in [9.17, 15) is 9.18 Å². The highest BCUT2D eigenvalue weighted by Crippen LogP contribution is 2.20. The number of benzene rings is 1. The lowest BCUT2D eigenvalue weighted by molar-refractivity contribution is 0.262. The van der Waals surface area contributed by atoms with Crippen LogP contribution in [0.2, 0.25) is 5.02 Å². The van der Waals surface area contributed by atoms with E-state index in [2.05, 4.69) is 15.8 Å². The van der Waals surface area contributed by atoms with Crippen LogP contribution in [0.1, 0.15) is 25.5 Å². The molecule has 2 N–H and O–H groups in total. The monoisotopic (exact) mass is 297 g/mol. The SMILES string of the molecule is CC(C)c1cc(NC(=O)Nc2ccc(F)c(Cl)c2)no1. The Labute approximate surface area is 120 Å². The van der Waals surface area contributed by atoms with Crippen LogP contribution >= 0.6 is 11.6 Å². The van der Waals surface area contributed by atoms with E-state index in [1.54, 1.807) is 6.07 Å². The van der Waals surface area contributed by atoms with E-state index in [4.69, 9.17) is 16.1 Å². The van der Waals surface area contributed by atoms with Crippen LogP contribution in [-0.4, -0.2) is 11.2 Å². The van der Waals surface area contributed by atoms with E-state index in [0.29, 0.717) is 17.3 Å². The zero-order chi connectivity index (χ0) is 14.7. The first-order valence-electron chi connectivity index (χ1n) is 5.95. The molecule has 106 valence electrons. The molecule has 0 saturated heterocycles. The minimum atomic E-state index is -0.546. The number of rotatable bonds is 3. The van der Waals surface area contributed by atoms with Crippen molar-refractivity contribution in [2.24, 2.45) is 0 Å². The lowest BCUT2D eigenvalue weighted by Crippen LogP contribution is -2.19. The summed E-state index contributed by atoms with van der Waals surface area (Å²) in [5.41, 5.74) is 0.376. The van der Waals surface area contributed by atoms with Gasteiger partial charge in [0.1, 0.15) is 11.6 Å². The molecule has 1 heterocycles. The van der Waals surface area contributed by atoms with E-state index in [1.165, 1.54) is 18.2 Å². The van der Waals surface area contributed by atoms with E-state index in [1.807, 2.05) is 13.8 Å². The summed E-state index contributed by atoms with van der Waals surface area (Å²) in [6, 6.07) is 5.02. The molecule has 1 aromatic heterocycles. The number of anilines is 2. The van der Waals surface area contributed by atoms with E-state index < -0.39 is 11.8 Å². The maximum absolute atomic E-state index is 13.0. The normalized spacial score (nSPS) is 10.7. The van der Waals surface area contributed by atoms with Gasteiger partial charge in [-0.3, -0.25) is 5.32 Å². The predicted octanol–water partition coefficient (Wildman–Crippen LogP) is 4.23. The van der Waals surface area contributed by atoms with Gasteiger partial charge in [-0.2, -0.15) is 0 Å². The van der Waals surface area contributed by atoms with Crippen LogP contribution in [-0.2, 0) is 0 Å². The zero-order valence-electron chi connectivity index (χ0n) is 10.9. The number of aromatic nitrogens is 1. The van der Waals surface area contributed by atoms with Gasteiger partial charge in [-0.25, -0.2) is 9.18 Å². The highest BCUT2D eigenvalue weighted by Gasteiger charge is 2.11. The standard InChI is InChI=1S/C13H13ClFN3O2/c1-7(2)11-6-12(18-20-11)17-13(19)16-8-3-4-10(15)9(14)5-8/h3-7H,1-2H3,(H2,16,17,18,19). The van der Waals surface area contributed by atoms with Gasteiger partial charge in [-0.1, -0.05) is 30.6 Å². The fourth-order valence-corrected chi connectivity index (χ4v) is 1.65. The molecule has 0 bridgehead atoms. The molecule has 1 aromatic carbocycles. The molecule has 0 atom stereocenters. The second kappa shape index (κ2) is 5.92. The molecular formula is C13H13ClFN3O2. The Bertz CT molecular complexity index is 628. The van der Waals surface area contributed by atoms with Crippen molar-refractivity contribution in [3.05, 3.63) is 40.9 Å². The maximum Gasteiger partial charge on any atom is 0.324 e. The van der Waals surface area contributed by atoms with Gasteiger partial charge >= 0.3 is 6.03 Å². The quantitative estimate of drug-likeness (QED) is 0.890. The summed E-state index contributed by atoms with van der Waals surface area (Å²) in [5, 5.41) is 8.68. The molecule has 2 amide bonds. The summed E-state index contributed by atoms with van der Waals surface area (Å²) in [7, 11) is 0. The Morgan fingerprint density at radius 1 is 1.35 bits per heavy atom. The molecule has 0 radical (unpaired) electrons. The van der Waals surface area contributed by atoms with E-state index in [-0.39, 0.29) is 10.9 Å². The number of carbonyl (C=O) groups excluding carboxylic acids is 1. The van der Waals surface area contributed by atoms with Crippen molar-refractivity contribution in [3.8, 4) is 0 Å². The van der Waals surface area contributed by atoms with Gasteiger partial charge in [0.15, 0.2) is 5.82 Å². The van der Waals surface area contributed by atoms with Gasteiger partial charge in [0.25, 0.3) is 0 Å². The third-order valence-electron chi connectivity index (χ3n) is 2.52. The molecule has 0 spiro atoms. The summed E-state index contributed by atoms with van der Waals surface area (Å²) in [6.45, 7) is 3.90. The lowest BCUT2D eigenvalue weighted by Gasteiger charge is -2.05. The van der Waals surface area contributed by atoms with Crippen molar-refractivity contribution in [1.29, 1.82) is 0 Å². The number of hydrogen-bond donors (Lipinski definition) is 2. The first-order valence-corrected chi connectivity index (χ1v) is 6.33. The molecule has 2 rings (SSSR count). The molecule has 0 unspecified atom stereocenters. The fraction of sp³-hybridized carbons (Fsp3) is 0.231. The molecule has 20 heavy (non-hydrogen) atoms. The van der Waals surface area contributed by atoms with Gasteiger partial charge < -0.3 is 9.84 Å². The topological polar surface area (TPSA) is 67.2 Å². The lowest BCUT2D eigenvalue weighted by atomic mass is 10.2. The van der Waals surface area contributed by atoms with Gasteiger partial charge in [-0.05, 0) is 18.2 Å². The molecule has 7 heteroatoms. The third kappa shape index (κ3) is 3.48. The van der Waals surface area contributed by atoms with Gasteiger partial charge in [0.2, 0.25) is 0 Å². The number of nitrogens with zero attached hydrogens (tertiary/aromatic N) is 1. The van der Waals surface area contributed by atoms with E-state index >= 15 is 0 Å². The maximum atomic E-state index is 13.0. The molecule has 0 aliphatic carbocycles.